The third-order valence-corrected chi connectivity index (χ3v) is 6.06. The molecule has 0 aromatic heterocycles. The molecule has 0 aliphatic carbocycles. The summed E-state index contributed by atoms with van der Waals surface area (Å²) in [6.07, 6.45) is 1.17. The fraction of sp³-hybridized carbons (Fsp3) is 0.577. The summed E-state index contributed by atoms with van der Waals surface area (Å²) in [5.74, 6) is 0.822. The standard InChI is InChI=1S/C24H36N3O5P.C2H6.2H2/c1-5-31-17(2)24(3,4)11-12-25-18-6-8-19(9-7-18)32-15-13-26-21(28)10-14-27-22(29)16-20(33)23(27)30;1-2;;/h6-9,20,25H,2,5,10-16,33H2,1,3-4H3,(H,26,28);1-2H3;2*1H. The van der Waals surface area contributed by atoms with Crippen LogP contribution in [0.2, 0.25) is 0 Å². The summed E-state index contributed by atoms with van der Waals surface area (Å²) >= 11 is 0. The van der Waals surface area contributed by atoms with Gasteiger partial charge in [0.25, 0.3) is 0 Å². The number of allylic oxidation sites excluding steroid dienone is 1. The highest BCUT2D eigenvalue weighted by Gasteiger charge is 2.35. The highest BCUT2D eigenvalue weighted by molar-refractivity contribution is 7.19. The number of hydrogen-bond donors (Lipinski definition) is 2. The molecule has 2 rings (SSSR count). The van der Waals surface area contributed by atoms with Crippen LogP contribution < -0.4 is 15.4 Å². The molecule has 2 unspecified atom stereocenters. The van der Waals surface area contributed by atoms with Gasteiger partial charge in [-0.2, -0.15) is 0 Å². The number of ether oxygens (including phenoxy) is 2. The third-order valence-electron chi connectivity index (χ3n) is 5.54. The maximum atomic E-state index is 12.0. The molecular weight excluding hydrogens is 465 g/mol. The average Bonchev–Trinajstić information content (AvgIpc) is 3.08. The van der Waals surface area contributed by atoms with E-state index in [1.54, 1.807) is 0 Å². The van der Waals surface area contributed by atoms with Crippen LogP contribution in [0.25, 0.3) is 0 Å². The van der Waals surface area contributed by atoms with Gasteiger partial charge in [-0.05, 0) is 37.6 Å². The summed E-state index contributed by atoms with van der Waals surface area (Å²) in [6.45, 7) is 16.4. The Balaban J connectivity index is 0. The Morgan fingerprint density at radius 2 is 1.89 bits per heavy atom. The molecule has 200 valence electrons. The Bertz CT molecular complexity index is 853. The summed E-state index contributed by atoms with van der Waals surface area (Å²) < 4.78 is 11.2. The molecule has 35 heavy (non-hydrogen) atoms. The summed E-state index contributed by atoms with van der Waals surface area (Å²) in [7, 11) is 2.36. The largest absolute Gasteiger partial charge is 0.498 e. The van der Waals surface area contributed by atoms with Gasteiger partial charge < -0.3 is 20.1 Å². The molecule has 0 saturated carbocycles. The molecule has 1 aliphatic rings. The third kappa shape index (κ3) is 10.3. The SMILES string of the molecule is C=C(OCC)C(C)(C)CCNc1ccc(OCCNC(=O)CCN2C(=O)CC(P)C2=O)cc1.CC.[HH].[HH]. The van der Waals surface area contributed by atoms with Gasteiger partial charge in [-0.15, -0.1) is 9.24 Å². The molecule has 1 aliphatic heterocycles. The quantitative estimate of drug-likeness (QED) is 0.166. The van der Waals surface area contributed by atoms with Crippen LogP contribution in [0.5, 0.6) is 5.75 Å². The molecule has 2 atom stereocenters. The number of imide groups is 1. The molecule has 0 bridgehead atoms. The first-order chi connectivity index (χ1) is 16.6. The normalized spacial score (nSPS) is 15.3. The van der Waals surface area contributed by atoms with Gasteiger partial charge in [-0.3, -0.25) is 19.3 Å². The smallest absolute Gasteiger partial charge is 0.236 e. The fourth-order valence-electron chi connectivity index (χ4n) is 3.30. The molecule has 1 heterocycles. The van der Waals surface area contributed by atoms with E-state index in [0.717, 1.165) is 29.3 Å². The zero-order valence-electron chi connectivity index (χ0n) is 21.8. The number of amides is 3. The molecule has 0 radical (unpaired) electrons. The van der Waals surface area contributed by atoms with Crippen LogP contribution in [0, 0.1) is 5.41 Å². The van der Waals surface area contributed by atoms with Crippen molar-refractivity contribution in [2.75, 3.05) is 38.2 Å². The summed E-state index contributed by atoms with van der Waals surface area (Å²) in [5, 5.41) is 6.13. The number of carbonyl (C=O) groups is 3. The minimum absolute atomic E-state index is 0. The van der Waals surface area contributed by atoms with Gasteiger partial charge in [-0.25, -0.2) is 0 Å². The van der Waals surface area contributed by atoms with Crippen molar-refractivity contribution in [1.82, 2.24) is 10.2 Å². The predicted molar refractivity (Wildman–Crippen MR) is 148 cm³/mol. The van der Waals surface area contributed by atoms with Crippen LogP contribution in [0.4, 0.5) is 5.69 Å². The molecular formula is C26H46N3O5P. The van der Waals surface area contributed by atoms with E-state index in [0.29, 0.717) is 25.5 Å². The van der Waals surface area contributed by atoms with Gasteiger partial charge in [0, 0.05) is 39.9 Å². The van der Waals surface area contributed by atoms with Crippen molar-refractivity contribution in [2.45, 2.75) is 59.5 Å². The molecule has 9 heteroatoms. The van der Waals surface area contributed by atoms with Gasteiger partial charge in [0.1, 0.15) is 12.4 Å². The Morgan fingerprint density at radius 1 is 1.23 bits per heavy atom. The maximum absolute atomic E-state index is 12.0. The lowest BCUT2D eigenvalue weighted by Crippen LogP contribution is -2.36. The van der Waals surface area contributed by atoms with Crippen molar-refractivity contribution in [2.24, 2.45) is 5.41 Å². The highest BCUT2D eigenvalue weighted by atomic mass is 31.0. The number of carbonyl (C=O) groups excluding carboxylic acids is 3. The van der Waals surface area contributed by atoms with E-state index < -0.39 is 0 Å². The Kier molecular flexibility index (Phi) is 13.4. The molecule has 2 N–H and O–H groups in total. The maximum Gasteiger partial charge on any atom is 0.236 e. The number of nitrogens with zero attached hydrogens (tertiary/aromatic N) is 1. The summed E-state index contributed by atoms with van der Waals surface area (Å²) in [6, 6.07) is 7.64. The van der Waals surface area contributed by atoms with Crippen LogP contribution in [-0.2, 0) is 19.1 Å². The molecule has 1 saturated heterocycles. The topological polar surface area (TPSA) is 97.0 Å². The average molecular weight is 512 g/mol. The Hall–Kier alpha value is -2.60. The zero-order valence-corrected chi connectivity index (χ0v) is 23.0. The van der Waals surface area contributed by atoms with E-state index in [9.17, 15) is 14.4 Å². The van der Waals surface area contributed by atoms with Crippen LogP contribution in [-0.4, -0.2) is 61.1 Å². The Morgan fingerprint density at radius 3 is 2.46 bits per heavy atom. The first kappa shape index (κ1) is 30.4. The van der Waals surface area contributed by atoms with Crippen molar-refractivity contribution < 1.29 is 26.7 Å². The lowest BCUT2D eigenvalue weighted by molar-refractivity contribution is -0.138. The summed E-state index contributed by atoms with van der Waals surface area (Å²) in [4.78, 5) is 36.7. The molecule has 8 nitrogen and oxygen atoms in total. The van der Waals surface area contributed by atoms with Crippen molar-refractivity contribution in [3.05, 3.63) is 36.6 Å². The second kappa shape index (κ2) is 15.4. The van der Waals surface area contributed by atoms with Crippen molar-refractivity contribution in [3.63, 3.8) is 0 Å². The second-order valence-electron chi connectivity index (χ2n) is 8.58. The zero-order chi connectivity index (χ0) is 26.4. The van der Waals surface area contributed by atoms with Crippen LogP contribution in [0.1, 0.15) is 56.7 Å². The van der Waals surface area contributed by atoms with Crippen LogP contribution in [0.15, 0.2) is 36.6 Å². The van der Waals surface area contributed by atoms with E-state index in [1.807, 2.05) is 45.0 Å². The minimum atomic E-state index is -0.372. The first-order valence-corrected chi connectivity index (χ1v) is 13.0. The van der Waals surface area contributed by atoms with E-state index in [-0.39, 0.29) is 51.0 Å². The minimum Gasteiger partial charge on any atom is -0.498 e. The lowest BCUT2D eigenvalue weighted by Gasteiger charge is -2.27. The molecule has 0 spiro atoms. The number of likely N-dealkylation sites (tertiary alicyclic amines) is 1. The van der Waals surface area contributed by atoms with Gasteiger partial charge in [-0.1, -0.05) is 34.3 Å². The van der Waals surface area contributed by atoms with Gasteiger partial charge >= 0.3 is 0 Å². The van der Waals surface area contributed by atoms with Crippen molar-refractivity contribution >= 4 is 32.6 Å². The van der Waals surface area contributed by atoms with Crippen LogP contribution >= 0.6 is 9.24 Å². The summed E-state index contributed by atoms with van der Waals surface area (Å²) in [5.41, 5.74) is 0.517. The van der Waals surface area contributed by atoms with Gasteiger partial charge in [0.05, 0.1) is 24.6 Å². The van der Waals surface area contributed by atoms with Gasteiger partial charge in [0.2, 0.25) is 17.7 Å². The fourth-order valence-corrected chi connectivity index (χ4v) is 3.68. The number of hydrogen-bond acceptors (Lipinski definition) is 6. The first-order valence-electron chi connectivity index (χ1n) is 12.3. The van der Waals surface area contributed by atoms with E-state index >= 15 is 0 Å². The number of benzene rings is 1. The lowest BCUT2D eigenvalue weighted by atomic mass is 9.87. The van der Waals surface area contributed by atoms with Crippen LogP contribution in [0.3, 0.4) is 0 Å². The Labute approximate surface area is 215 Å². The number of anilines is 1. The predicted octanol–water partition coefficient (Wildman–Crippen LogP) is 4.47. The van der Waals surface area contributed by atoms with Crippen molar-refractivity contribution in [1.29, 1.82) is 0 Å². The number of nitrogens with one attached hydrogen (secondary N) is 2. The number of rotatable bonds is 14. The van der Waals surface area contributed by atoms with E-state index in [4.69, 9.17) is 9.47 Å². The second-order valence-corrected chi connectivity index (χ2v) is 9.39. The molecule has 3 amide bonds. The monoisotopic (exact) mass is 511 g/mol. The van der Waals surface area contributed by atoms with Crippen molar-refractivity contribution in [3.8, 4) is 5.75 Å². The highest BCUT2D eigenvalue weighted by Crippen LogP contribution is 2.30. The van der Waals surface area contributed by atoms with E-state index in [2.05, 4.69) is 40.3 Å². The van der Waals surface area contributed by atoms with Gasteiger partial charge in [0.15, 0.2) is 0 Å². The molecule has 1 aromatic carbocycles. The molecule has 1 fully saturated rings. The molecule has 1 aromatic rings. The van der Waals surface area contributed by atoms with E-state index in [1.165, 1.54) is 0 Å².